The Morgan fingerprint density at radius 3 is 2.44 bits per heavy atom. The number of benzene rings is 1. The average molecular weight is 549 g/mol. The van der Waals surface area contributed by atoms with E-state index in [1.54, 1.807) is 0 Å². The normalized spacial score (nSPS) is 20.3. The van der Waals surface area contributed by atoms with Crippen LogP contribution in [0.4, 0.5) is 5.69 Å². The zero-order valence-corrected chi connectivity index (χ0v) is 22.1. The lowest BCUT2D eigenvalue weighted by Crippen LogP contribution is -2.57. The third-order valence-corrected chi connectivity index (χ3v) is 6.01. The van der Waals surface area contributed by atoms with Crippen LogP contribution in [0.5, 0.6) is 5.75 Å². The summed E-state index contributed by atoms with van der Waals surface area (Å²) >= 11 is 0. The smallest absolute Gasteiger partial charge is 0.270 e. The molecule has 1 aliphatic heterocycles. The van der Waals surface area contributed by atoms with Crippen LogP contribution in [-0.4, -0.2) is 72.2 Å². The van der Waals surface area contributed by atoms with Gasteiger partial charge in [-0.15, -0.1) is 0 Å². The Labute approximate surface area is 225 Å². The van der Waals surface area contributed by atoms with E-state index in [1.165, 1.54) is 13.0 Å². The summed E-state index contributed by atoms with van der Waals surface area (Å²) in [6.45, 7) is 3.09. The topological polar surface area (TPSA) is 212 Å². The molecule has 3 atom stereocenters. The molecule has 2 unspecified atom stereocenters. The third kappa shape index (κ3) is 9.63. The van der Waals surface area contributed by atoms with Gasteiger partial charge in [0, 0.05) is 18.6 Å². The molecule has 214 valence electrons. The Hall–Kier alpha value is -4.07. The number of nitro benzene ring substituents is 1. The molecule has 0 saturated carbocycles. The average Bonchev–Trinajstić information content (AvgIpc) is 2.89. The number of carbonyl (C=O) groups is 5. The molecule has 2 rings (SSSR count). The first-order valence-corrected chi connectivity index (χ1v) is 12.9. The van der Waals surface area contributed by atoms with Gasteiger partial charge in [-0.2, -0.15) is 0 Å². The van der Waals surface area contributed by atoms with Crippen LogP contribution in [0, 0.1) is 10.1 Å². The van der Waals surface area contributed by atoms with Crippen LogP contribution in [0.15, 0.2) is 18.2 Å². The second-order valence-corrected chi connectivity index (χ2v) is 9.22. The highest BCUT2D eigenvalue weighted by molar-refractivity contribution is 6.01. The summed E-state index contributed by atoms with van der Waals surface area (Å²) in [5.41, 5.74) is 5.07. The van der Waals surface area contributed by atoms with Crippen molar-refractivity contribution in [2.45, 2.75) is 70.5 Å². The Bertz CT molecular complexity index is 1080. The lowest BCUT2D eigenvalue weighted by atomic mass is 10.0. The minimum absolute atomic E-state index is 0.000280. The van der Waals surface area contributed by atoms with E-state index < -0.39 is 46.7 Å². The van der Waals surface area contributed by atoms with Crippen molar-refractivity contribution in [1.82, 2.24) is 21.3 Å². The van der Waals surface area contributed by atoms with Gasteiger partial charge in [0.2, 0.25) is 17.7 Å². The molecule has 14 nitrogen and oxygen atoms in total. The molecule has 0 aliphatic carbocycles. The Balaban J connectivity index is 2.47. The molecule has 0 bridgehead atoms. The summed E-state index contributed by atoms with van der Waals surface area (Å²) in [6, 6.07) is 0.264. The SMILES string of the molecule is CCCC1NC(=O)c2cc([N+](=O)[O-])ccc2OCCC(C(=O)NCC(C)=O)NC(=O)[C@H](CCCCN)NC1=O. The zero-order valence-electron chi connectivity index (χ0n) is 22.1. The molecule has 1 aliphatic rings. The summed E-state index contributed by atoms with van der Waals surface area (Å²) in [5.74, 6) is -2.92. The van der Waals surface area contributed by atoms with Gasteiger partial charge in [-0.25, -0.2) is 0 Å². The molecule has 4 amide bonds. The molecule has 0 spiro atoms. The number of hydrogen-bond donors (Lipinski definition) is 5. The van der Waals surface area contributed by atoms with Crippen LogP contribution in [0.2, 0.25) is 0 Å². The molecule has 0 fully saturated rings. The van der Waals surface area contributed by atoms with E-state index in [1.807, 2.05) is 6.92 Å². The number of carbonyl (C=O) groups excluding carboxylic acids is 5. The maximum atomic E-state index is 13.2. The van der Waals surface area contributed by atoms with Crippen molar-refractivity contribution in [3.8, 4) is 5.75 Å². The minimum Gasteiger partial charge on any atom is -0.493 e. The number of hydrogen-bond acceptors (Lipinski definition) is 9. The lowest BCUT2D eigenvalue weighted by molar-refractivity contribution is -0.384. The van der Waals surface area contributed by atoms with Gasteiger partial charge in [-0.3, -0.25) is 34.1 Å². The second-order valence-electron chi connectivity index (χ2n) is 9.22. The van der Waals surface area contributed by atoms with Crippen LogP contribution < -0.4 is 31.7 Å². The quantitative estimate of drug-likeness (QED) is 0.152. The number of ether oxygens (including phenoxy) is 1. The largest absolute Gasteiger partial charge is 0.493 e. The van der Waals surface area contributed by atoms with Gasteiger partial charge in [0.05, 0.1) is 23.6 Å². The highest BCUT2D eigenvalue weighted by Crippen LogP contribution is 2.25. The molecule has 1 heterocycles. The molecule has 14 heteroatoms. The number of nitro groups is 1. The number of amides is 4. The minimum atomic E-state index is -1.13. The van der Waals surface area contributed by atoms with Crippen molar-refractivity contribution < 1.29 is 33.6 Å². The number of rotatable bonds is 10. The Kier molecular flexibility index (Phi) is 12.3. The van der Waals surface area contributed by atoms with Gasteiger partial charge in [0.1, 0.15) is 29.7 Å². The van der Waals surface area contributed by atoms with Gasteiger partial charge in [0.15, 0.2) is 0 Å². The number of nitrogens with one attached hydrogen (secondary N) is 4. The number of nitrogens with zero attached hydrogens (tertiary/aromatic N) is 1. The van der Waals surface area contributed by atoms with E-state index in [0.717, 1.165) is 12.1 Å². The fourth-order valence-electron chi connectivity index (χ4n) is 3.92. The monoisotopic (exact) mass is 548 g/mol. The Morgan fingerprint density at radius 1 is 1.10 bits per heavy atom. The molecule has 6 N–H and O–H groups in total. The van der Waals surface area contributed by atoms with Crippen molar-refractivity contribution in [2.75, 3.05) is 19.7 Å². The molecule has 0 aromatic heterocycles. The van der Waals surface area contributed by atoms with Crippen molar-refractivity contribution >= 4 is 35.1 Å². The van der Waals surface area contributed by atoms with Gasteiger partial charge >= 0.3 is 0 Å². The molecule has 1 aromatic rings. The van der Waals surface area contributed by atoms with Crippen molar-refractivity contribution in [1.29, 1.82) is 0 Å². The number of fused-ring (bicyclic) bond motifs is 1. The van der Waals surface area contributed by atoms with E-state index in [-0.39, 0.29) is 55.2 Å². The number of Topliss-reactive ketones (excluding diaryl/α,β-unsaturated/α-hetero) is 1. The third-order valence-electron chi connectivity index (χ3n) is 6.01. The zero-order chi connectivity index (χ0) is 28.9. The fourth-order valence-corrected chi connectivity index (χ4v) is 3.92. The van der Waals surface area contributed by atoms with Gasteiger partial charge in [0.25, 0.3) is 11.6 Å². The Morgan fingerprint density at radius 2 is 1.79 bits per heavy atom. The van der Waals surface area contributed by atoms with E-state index in [4.69, 9.17) is 10.5 Å². The highest BCUT2D eigenvalue weighted by Gasteiger charge is 2.31. The second kappa shape index (κ2) is 15.4. The highest BCUT2D eigenvalue weighted by atomic mass is 16.6. The van der Waals surface area contributed by atoms with Crippen LogP contribution in [-0.2, 0) is 19.2 Å². The fraction of sp³-hybridized carbons (Fsp3) is 0.560. The van der Waals surface area contributed by atoms with Gasteiger partial charge in [-0.05, 0) is 45.2 Å². The summed E-state index contributed by atoms with van der Waals surface area (Å²) in [6.07, 6.45) is 2.03. The number of non-ortho nitro benzene ring substituents is 1. The molecule has 39 heavy (non-hydrogen) atoms. The van der Waals surface area contributed by atoms with Crippen LogP contribution in [0.25, 0.3) is 0 Å². The van der Waals surface area contributed by atoms with Crippen LogP contribution in [0.1, 0.15) is 62.7 Å². The van der Waals surface area contributed by atoms with E-state index >= 15 is 0 Å². The predicted octanol–water partition coefficient (Wildman–Crippen LogP) is 0.0796. The molecular weight excluding hydrogens is 512 g/mol. The predicted molar refractivity (Wildman–Crippen MR) is 140 cm³/mol. The lowest BCUT2D eigenvalue weighted by Gasteiger charge is -2.26. The molecule has 0 saturated heterocycles. The van der Waals surface area contributed by atoms with E-state index in [0.29, 0.717) is 25.8 Å². The summed E-state index contributed by atoms with van der Waals surface area (Å²) in [7, 11) is 0. The standard InChI is InChI=1S/C25H36N6O8/c1-3-6-18-24(35)29-19(7-4-5-11-26)25(36)30-20(23(34)27-14-15(2)32)10-12-39-21-9-8-16(31(37)38)13-17(21)22(33)28-18/h8-9,13,18-20H,3-7,10-12,14,26H2,1-2H3,(H,27,34)(H,28,33)(H,29,35)(H,30,36)/t18?,19-,20?/m0/s1. The van der Waals surface area contributed by atoms with E-state index in [2.05, 4.69) is 21.3 Å². The summed E-state index contributed by atoms with van der Waals surface area (Å²) in [4.78, 5) is 74.4. The summed E-state index contributed by atoms with van der Waals surface area (Å²) < 4.78 is 5.71. The van der Waals surface area contributed by atoms with Gasteiger partial charge < -0.3 is 31.7 Å². The molecular formula is C25H36N6O8. The maximum Gasteiger partial charge on any atom is 0.270 e. The van der Waals surface area contributed by atoms with Crippen LogP contribution >= 0.6 is 0 Å². The first kappa shape index (κ1) is 31.1. The van der Waals surface area contributed by atoms with Crippen molar-refractivity contribution in [3.63, 3.8) is 0 Å². The molecule has 1 aromatic carbocycles. The van der Waals surface area contributed by atoms with Crippen LogP contribution in [0.3, 0.4) is 0 Å². The van der Waals surface area contributed by atoms with Crippen molar-refractivity contribution in [2.24, 2.45) is 5.73 Å². The first-order chi connectivity index (χ1) is 18.6. The summed E-state index contributed by atoms with van der Waals surface area (Å²) in [5, 5.41) is 21.7. The maximum absolute atomic E-state index is 13.2. The van der Waals surface area contributed by atoms with E-state index in [9.17, 15) is 34.1 Å². The first-order valence-electron chi connectivity index (χ1n) is 12.9. The number of ketones is 1. The van der Waals surface area contributed by atoms with Gasteiger partial charge in [-0.1, -0.05) is 13.3 Å². The number of unbranched alkanes of at least 4 members (excludes halogenated alkanes) is 1. The number of nitrogens with two attached hydrogens (primary N) is 1. The van der Waals surface area contributed by atoms with Crippen molar-refractivity contribution in [3.05, 3.63) is 33.9 Å². The molecule has 0 radical (unpaired) electrons.